The van der Waals surface area contributed by atoms with Crippen molar-refractivity contribution >= 4 is 56.5 Å². The first kappa shape index (κ1) is 51.8. The lowest BCUT2D eigenvalue weighted by molar-refractivity contribution is -0.127. The van der Waals surface area contributed by atoms with Gasteiger partial charge in [0.05, 0.1) is 23.5 Å². The Morgan fingerprint density at radius 1 is 0.405 bits per heavy atom. The van der Waals surface area contributed by atoms with Crippen LogP contribution in [-0.2, 0) is 19.2 Å². The van der Waals surface area contributed by atoms with Gasteiger partial charge in [0.1, 0.15) is 0 Å². The number of rotatable bonds is 12. The predicted molar refractivity (Wildman–Crippen MR) is 304 cm³/mol. The number of hydrogen-bond acceptors (Lipinski definition) is 4. The van der Waals surface area contributed by atoms with Crippen molar-refractivity contribution in [3.8, 4) is 22.3 Å². The second-order valence-corrected chi connectivity index (χ2v) is 23.2. The number of hydrogen-bond donors (Lipinski definition) is 4. The molecule has 7 aromatic carbocycles. The van der Waals surface area contributed by atoms with Crippen LogP contribution in [0, 0.1) is 22.7 Å². The van der Waals surface area contributed by atoms with Crippen LogP contribution in [0.15, 0.2) is 146 Å². The summed E-state index contributed by atoms with van der Waals surface area (Å²) in [5.41, 5.74) is 7.81. The molecule has 74 heavy (non-hydrogen) atoms. The molecule has 0 aromatic heterocycles. The van der Waals surface area contributed by atoms with Crippen LogP contribution in [0.5, 0.6) is 0 Å². The first-order valence-electron chi connectivity index (χ1n) is 27.0. The van der Waals surface area contributed by atoms with E-state index in [2.05, 4.69) is 130 Å². The highest BCUT2D eigenvalue weighted by Gasteiger charge is 2.34. The van der Waals surface area contributed by atoms with E-state index >= 15 is 0 Å². The Labute approximate surface area is 438 Å². The molecule has 0 heterocycles. The SMILES string of the molecule is C[C@@H](NC(=O)C1CCC(c2cccc3cccc(-c4ccc(-c5cccc6cccc(C7CCC(C(=O)N[C@H](C)c8ccccc8)CC7)c56)c(NC(=O)C(C)(C)C)c4NC(=O)C(C)(C)C)c23)CC1)c1ccccc1. The van der Waals surface area contributed by atoms with E-state index in [-0.39, 0.29) is 59.4 Å². The molecule has 2 aliphatic carbocycles. The Morgan fingerprint density at radius 3 is 1.08 bits per heavy atom. The fourth-order valence-electron chi connectivity index (χ4n) is 11.4. The van der Waals surface area contributed by atoms with Crippen molar-refractivity contribution in [3.63, 3.8) is 0 Å². The quantitative estimate of drug-likeness (QED) is 0.0976. The number of amides is 4. The second kappa shape index (κ2) is 21.8. The van der Waals surface area contributed by atoms with Crippen molar-refractivity contribution in [2.24, 2.45) is 22.7 Å². The van der Waals surface area contributed by atoms with E-state index < -0.39 is 10.8 Å². The van der Waals surface area contributed by atoms with E-state index in [1.165, 1.54) is 11.1 Å². The Hall–Kier alpha value is -7.06. The van der Waals surface area contributed by atoms with Gasteiger partial charge in [0, 0.05) is 33.8 Å². The number of benzene rings is 7. The van der Waals surface area contributed by atoms with Gasteiger partial charge in [-0.1, -0.05) is 187 Å². The minimum atomic E-state index is -0.756. The van der Waals surface area contributed by atoms with E-state index in [1.807, 2.05) is 91.8 Å². The summed E-state index contributed by atoms with van der Waals surface area (Å²) in [4.78, 5) is 56.3. The largest absolute Gasteiger partial charge is 0.349 e. The lowest BCUT2D eigenvalue weighted by Gasteiger charge is -2.31. The zero-order valence-electron chi connectivity index (χ0n) is 44.6. The topological polar surface area (TPSA) is 116 Å². The van der Waals surface area contributed by atoms with Crippen LogP contribution in [0.1, 0.15) is 153 Å². The molecule has 4 amide bonds. The zero-order chi connectivity index (χ0) is 52.3. The number of carbonyl (C=O) groups excluding carboxylic acids is 4. The molecule has 0 saturated heterocycles. The molecule has 4 N–H and O–H groups in total. The van der Waals surface area contributed by atoms with Crippen molar-refractivity contribution in [2.45, 2.75) is 131 Å². The fraction of sp³-hybridized carbons (Fsp3) is 0.364. The summed E-state index contributed by atoms with van der Waals surface area (Å²) in [6, 6.07) is 50.1. The molecule has 9 rings (SSSR count). The Bertz CT molecular complexity index is 2950. The van der Waals surface area contributed by atoms with Gasteiger partial charge >= 0.3 is 0 Å². The molecule has 2 aliphatic rings. The van der Waals surface area contributed by atoms with Crippen LogP contribution in [0.3, 0.4) is 0 Å². The van der Waals surface area contributed by atoms with E-state index in [0.29, 0.717) is 11.4 Å². The molecule has 0 unspecified atom stereocenters. The highest BCUT2D eigenvalue weighted by molar-refractivity contribution is 6.15. The van der Waals surface area contributed by atoms with Crippen molar-refractivity contribution < 1.29 is 19.2 Å². The molecule has 8 heteroatoms. The van der Waals surface area contributed by atoms with Gasteiger partial charge in [0.25, 0.3) is 0 Å². The van der Waals surface area contributed by atoms with E-state index in [4.69, 9.17) is 0 Å². The number of carbonyl (C=O) groups is 4. The van der Waals surface area contributed by atoms with Gasteiger partial charge in [0.15, 0.2) is 0 Å². The summed E-state index contributed by atoms with van der Waals surface area (Å²) in [6.07, 6.45) is 6.65. The smallest absolute Gasteiger partial charge is 0.229 e. The summed E-state index contributed by atoms with van der Waals surface area (Å²) < 4.78 is 0. The van der Waals surface area contributed by atoms with E-state index in [1.54, 1.807) is 0 Å². The highest BCUT2D eigenvalue weighted by atomic mass is 16.2. The average molecular weight is 987 g/mol. The van der Waals surface area contributed by atoms with Gasteiger partial charge in [-0.05, 0) is 132 Å². The molecule has 2 fully saturated rings. The van der Waals surface area contributed by atoms with Crippen LogP contribution < -0.4 is 21.3 Å². The minimum Gasteiger partial charge on any atom is -0.349 e. The maximum absolute atomic E-state index is 14.5. The molecule has 0 bridgehead atoms. The third-order valence-corrected chi connectivity index (χ3v) is 15.9. The molecule has 2 atom stereocenters. The van der Waals surface area contributed by atoms with Crippen LogP contribution in [0.25, 0.3) is 43.8 Å². The molecule has 0 radical (unpaired) electrons. The van der Waals surface area contributed by atoms with Gasteiger partial charge in [-0.15, -0.1) is 0 Å². The second-order valence-electron chi connectivity index (χ2n) is 23.2. The van der Waals surface area contributed by atoms with Crippen LogP contribution in [0.2, 0.25) is 0 Å². The number of fused-ring (bicyclic) bond motifs is 2. The Kier molecular flexibility index (Phi) is 15.3. The molecular formula is C66H74N4O4. The minimum absolute atomic E-state index is 0.0576. The van der Waals surface area contributed by atoms with Gasteiger partial charge < -0.3 is 21.3 Å². The summed E-state index contributed by atoms with van der Waals surface area (Å²) in [5, 5.41) is 17.8. The molecule has 382 valence electrons. The van der Waals surface area contributed by atoms with Gasteiger partial charge in [-0.25, -0.2) is 0 Å². The normalized spacial score (nSPS) is 19.0. The van der Waals surface area contributed by atoms with Crippen molar-refractivity contribution in [1.82, 2.24) is 10.6 Å². The van der Waals surface area contributed by atoms with E-state index in [9.17, 15) is 19.2 Å². The number of nitrogens with one attached hydrogen (secondary N) is 4. The van der Waals surface area contributed by atoms with Gasteiger partial charge in [-0.2, -0.15) is 0 Å². The molecule has 0 aliphatic heterocycles. The molecule has 2 saturated carbocycles. The lowest BCUT2D eigenvalue weighted by atomic mass is 9.76. The van der Waals surface area contributed by atoms with Gasteiger partial charge in [0.2, 0.25) is 23.6 Å². The molecule has 7 aromatic rings. The Morgan fingerprint density at radius 2 is 0.743 bits per heavy atom. The third-order valence-electron chi connectivity index (χ3n) is 15.9. The Balaban J connectivity index is 1.11. The fourth-order valence-corrected chi connectivity index (χ4v) is 11.4. The van der Waals surface area contributed by atoms with Crippen molar-refractivity contribution in [3.05, 3.63) is 168 Å². The van der Waals surface area contributed by atoms with Crippen LogP contribution in [-0.4, -0.2) is 23.6 Å². The monoisotopic (exact) mass is 987 g/mol. The van der Waals surface area contributed by atoms with Gasteiger partial charge in [-0.3, -0.25) is 19.2 Å². The molecule has 8 nitrogen and oxygen atoms in total. The zero-order valence-corrected chi connectivity index (χ0v) is 44.6. The summed E-state index contributed by atoms with van der Waals surface area (Å²) in [6.45, 7) is 15.6. The summed E-state index contributed by atoms with van der Waals surface area (Å²) in [5.74, 6) is 0.217. The first-order chi connectivity index (χ1) is 35.5. The highest BCUT2D eigenvalue weighted by Crippen LogP contribution is 2.50. The molecule has 0 spiro atoms. The third kappa shape index (κ3) is 11.2. The lowest BCUT2D eigenvalue weighted by Crippen LogP contribution is -2.34. The predicted octanol–water partition coefficient (Wildman–Crippen LogP) is 15.6. The summed E-state index contributed by atoms with van der Waals surface area (Å²) >= 11 is 0. The van der Waals surface area contributed by atoms with E-state index in [0.717, 1.165) is 106 Å². The average Bonchev–Trinajstić information content (AvgIpc) is 3.40. The maximum Gasteiger partial charge on any atom is 0.229 e. The maximum atomic E-state index is 14.5. The molecular weight excluding hydrogens is 913 g/mol. The van der Waals surface area contributed by atoms with Crippen LogP contribution >= 0.6 is 0 Å². The van der Waals surface area contributed by atoms with Crippen LogP contribution in [0.4, 0.5) is 11.4 Å². The van der Waals surface area contributed by atoms with Crippen molar-refractivity contribution in [1.29, 1.82) is 0 Å². The summed E-state index contributed by atoms with van der Waals surface area (Å²) in [7, 11) is 0. The number of anilines is 2. The standard InChI is InChI=1S/C66H74N4O4/c1-41(43-19-11-9-12-20-43)67-61(71)49-35-31-45(32-36-49)51-27-15-23-47-25-17-29-53(57(47)51)55-39-40-56(60(70-64(74)66(6,7)8)59(55)69-63(73)65(3,4)5)54-30-18-26-48-24-16-28-52(58(48)54)46-33-37-50(38-34-46)62(72)68-42(2)44-21-13-10-14-22-44/h9-30,39-42,45-46,49-50H,31-38H2,1-8H3,(H,67,71)(H,68,72)(H,69,73)(H,70,74)/t41-,42-,45?,46?,49?,50?/m1/s1. The van der Waals surface area contributed by atoms with Crippen molar-refractivity contribution in [2.75, 3.05) is 10.6 Å². The first-order valence-corrected chi connectivity index (χ1v) is 27.0.